The number of fused-ring (bicyclic) bond motifs is 1. The number of aldehydes is 1. The van der Waals surface area contributed by atoms with Crippen molar-refractivity contribution in [1.82, 2.24) is 15.1 Å². The van der Waals surface area contributed by atoms with Gasteiger partial charge < -0.3 is 14.5 Å². The summed E-state index contributed by atoms with van der Waals surface area (Å²) in [5.74, 6) is 0. The van der Waals surface area contributed by atoms with Crippen LogP contribution in [0, 0.1) is 5.41 Å². The Balaban J connectivity index is 1.42. The average Bonchev–Trinajstić information content (AvgIpc) is 2.64. The first-order chi connectivity index (χ1) is 13.3. The predicted octanol–water partition coefficient (Wildman–Crippen LogP) is 3.28. The number of amides is 1. The molecule has 7 heteroatoms. The van der Waals surface area contributed by atoms with Crippen LogP contribution in [0.4, 0.5) is 10.5 Å². The van der Waals surface area contributed by atoms with E-state index in [2.05, 4.69) is 15.1 Å². The summed E-state index contributed by atoms with van der Waals surface area (Å²) in [6.45, 7) is 9.00. The van der Waals surface area contributed by atoms with Gasteiger partial charge in [0.05, 0.1) is 17.4 Å². The molecule has 2 saturated heterocycles. The molecule has 3 heterocycles. The van der Waals surface area contributed by atoms with Crippen molar-refractivity contribution in [2.75, 3.05) is 31.1 Å². The van der Waals surface area contributed by atoms with E-state index in [1.807, 2.05) is 37.8 Å². The van der Waals surface area contributed by atoms with E-state index in [1.165, 1.54) is 0 Å². The van der Waals surface area contributed by atoms with E-state index in [1.54, 1.807) is 12.3 Å². The Bertz CT molecular complexity index is 905. The van der Waals surface area contributed by atoms with Gasteiger partial charge in [0, 0.05) is 42.5 Å². The molecule has 0 N–H and O–H groups in total. The van der Waals surface area contributed by atoms with Crippen LogP contribution in [0.3, 0.4) is 0 Å². The first-order valence-electron chi connectivity index (χ1n) is 9.72. The molecule has 0 unspecified atom stereocenters. The van der Waals surface area contributed by atoms with Crippen LogP contribution in [0.15, 0.2) is 24.4 Å². The quantitative estimate of drug-likeness (QED) is 0.742. The fraction of sp³-hybridized carbons (Fsp3) is 0.524. The number of piperidine rings is 1. The Labute approximate surface area is 164 Å². The predicted molar refractivity (Wildman–Crippen MR) is 107 cm³/mol. The van der Waals surface area contributed by atoms with Gasteiger partial charge in [0.1, 0.15) is 11.9 Å². The lowest BCUT2D eigenvalue weighted by Crippen LogP contribution is -2.61. The van der Waals surface area contributed by atoms with Gasteiger partial charge >= 0.3 is 6.09 Å². The largest absolute Gasteiger partial charge is 0.444 e. The van der Waals surface area contributed by atoms with E-state index in [-0.39, 0.29) is 11.5 Å². The second-order valence-corrected chi connectivity index (χ2v) is 8.95. The molecule has 2 aromatic rings. The molecule has 2 fully saturated rings. The van der Waals surface area contributed by atoms with E-state index in [4.69, 9.17) is 4.74 Å². The number of hydrogen-bond acceptors (Lipinski definition) is 6. The molecule has 1 aromatic carbocycles. The van der Waals surface area contributed by atoms with E-state index >= 15 is 0 Å². The minimum Gasteiger partial charge on any atom is -0.444 e. The van der Waals surface area contributed by atoms with Crippen LogP contribution >= 0.6 is 0 Å². The molecule has 0 radical (unpaired) electrons. The van der Waals surface area contributed by atoms with Crippen molar-refractivity contribution in [3.8, 4) is 0 Å². The van der Waals surface area contributed by atoms with Crippen LogP contribution in [-0.2, 0) is 4.74 Å². The number of anilines is 1. The second-order valence-electron chi connectivity index (χ2n) is 8.95. The maximum atomic E-state index is 12.3. The van der Waals surface area contributed by atoms with Crippen molar-refractivity contribution in [2.24, 2.45) is 5.41 Å². The van der Waals surface area contributed by atoms with Gasteiger partial charge in [-0.3, -0.25) is 4.79 Å². The molecule has 0 aliphatic carbocycles. The molecule has 0 saturated carbocycles. The summed E-state index contributed by atoms with van der Waals surface area (Å²) < 4.78 is 5.49. The number of likely N-dealkylation sites (tertiary alicyclic amines) is 1. The first-order valence-corrected chi connectivity index (χ1v) is 9.72. The number of ether oxygens (including phenoxy) is 1. The second kappa shape index (κ2) is 6.72. The summed E-state index contributed by atoms with van der Waals surface area (Å²) in [6.07, 6.45) is 4.36. The van der Waals surface area contributed by atoms with Crippen LogP contribution in [-0.4, -0.2) is 59.3 Å². The number of carbonyl (C=O) groups is 2. The van der Waals surface area contributed by atoms with E-state index in [0.29, 0.717) is 5.56 Å². The van der Waals surface area contributed by atoms with Gasteiger partial charge in [0.2, 0.25) is 0 Å². The molecule has 148 valence electrons. The Morgan fingerprint density at radius 3 is 2.57 bits per heavy atom. The van der Waals surface area contributed by atoms with Crippen LogP contribution < -0.4 is 4.90 Å². The molecule has 4 rings (SSSR count). The number of hydrogen-bond donors (Lipinski definition) is 0. The van der Waals surface area contributed by atoms with Crippen LogP contribution in [0.5, 0.6) is 0 Å². The zero-order chi connectivity index (χ0) is 19.9. The lowest BCUT2D eigenvalue weighted by atomic mass is 9.71. The van der Waals surface area contributed by atoms with Gasteiger partial charge in [-0.25, -0.2) is 4.79 Å². The van der Waals surface area contributed by atoms with E-state index in [9.17, 15) is 9.59 Å². The molecule has 0 bridgehead atoms. The van der Waals surface area contributed by atoms with Crippen molar-refractivity contribution in [3.05, 3.63) is 30.0 Å². The molecule has 7 nitrogen and oxygen atoms in total. The van der Waals surface area contributed by atoms with Crippen LogP contribution in [0.1, 0.15) is 44.0 Å². The highest BCUT2D eigenvalue weighted by Crippen LogP contribution is 2.44. The first kappa shape index (κ1) is 18.7. The molecule has 0 atom stereocenters. The molecule has 1 aromatic heterocycles. The van der Waals surface area contributed by atoms with Gasteiger partial charge in [-0.15, -0.1) is 0 Å². The average molecular weight is 382 g/mol. The zero-order valence-corrected chi connectivity index (χ0v) is 16.6. The third-order valence-electron chi connectivity index (χ3n) is 5.65. The van der Waals surface area contributed by atoms with Crippen molar-refractivity contribution in [2.45, 2.75) is 39.2 Å². The summed E-state index contributed by atoms with van der Waals surface area (Å²) in [5, 5.41) is 9.25. The topological polar surface area (TPSA) is 75.6 Å². The highest BCUT2D eigenvalue weighted by Gasteiger charge is 2.46. The Morgan fingerprint density at radius 1 is 1.21 bits per heavy atom. The lowest BCUT2D eigenvalue weighted by Gasteiger charge is -2.55. The van der Waals surface area contributed by atoms with Crippen molar-refractivity contribution >= 4 is 29.0 Å². The van der Waals surface area contributed by atoms with Crippen molar-refractivity contribution in [3.63, 3.8) is 0 Å². The number of carbonyl (C=O) groups excluding carboxylic acids is 2. The zero-order valence-electron chi connectivity index (χ0n) is 16.6. The van der Waals surface area contributed by atoms with E-state index < -0.39 is 5.60 Å². The van der Waals surface area contributed by atoms with E-state index in [0.717, 1.165) is 61.9 Å². The van der Waals surface area contributed by atoms with Gasteiger partial charge in [0.25, 0.3) is 0 Å². The van der Waals surface area contributed by atoms with Gasteiger partial charge in [0.15, 0.2) is 0 Å². The summed E-state index contributed by atoms with van der Waals surface area (Å²) >= 11 is 0. The Kier molecular flexibility index (Phi) is 4.48. The Morgan fingerprint density at radius 2 is 1.93 bits per heavy atom. The monoisotopic (exact) mass is 382 g/mol. The number of rotatable bonds is 2. The maximum Gasteiger partial charge on any atom is 0.410 e. The lowest BCUT2D eigenvalue weighted by molar-refractivity contribution is 0.00600. The Hall–Kier alpha value is -2.70. The molecule has 1 spiro atoms. The molecule has 2 aliphatic heterocycles. The molecule has 28 heavy (non-hydrogen) atoms. The van der Waals surface area contributed by atoms with Crippen LogP contribution in [0.2, 0.25) is 0 Å². The van der Waals surface area contributed by atoms with Crippen LogP contribution in [0.25, 0.3) is 10.9 Å². The minimum atomic E-state index is -0.463. The fourth-order valence-electron chi connectivity index (χ4n) is 4.13. The smallest absolute Gasteiger partial charge is 0.410 e. The normalized spacial score (nSPS) is 18.8. The molecular formula is C21H26N4O3. The molecule has 1 amide bonds. The molecular weight excluding hydrogens is 356 g/mol. The maximum absolute atomic E-state index is 12.3. The van der Waals surface area contributed by atoms with Gasteiger partial charge in [-0.1, -0.05) is 0 Å². The number of aromatic nitrogens is 2. The van der Waals surface area contributed by atoms with Crippen molar-refractivity contribution in [1.29, 1.82) is 0 Å². The van der Waals surface area contributed by atoms with Gasteiger partial charge in [-0.05, 0) is 51.8 Å². The number of nitrogens with zero attached hydrogens (tertiary/aromatic N) is 4. The van der Waals surface area contributed by atoms with Gasteiger partial charge in [-0.2, -0.15) is 10.2 Å². The summed E-state index contributed by atoms with van der Waals surface area (Å²) in [6, 6.07) is 5.48. The highest BCUT2D eigenvalue weighted by molar-refractivity contribution is 5.95. The molecule has 2 aliphatic rings. The summed E-state index contributed by atoms with van der Waals surface area (Å²) in [7, 11) is 0. The fourth-order valence-corrected chi connectivity index (χ4v) is 4.13. The SMILES string of the molecule is CC(C)(C)OC(=O)N1CCC2(CC1)CN(c1cnnc3ccc(C=O)cc13)C2. The third-order valence-corrected chi connectivity index (χ3v) is 5.65. The minimum absolute atomic E-state index is 0.218. The summed E-state index contributed by atoms with van der Waals surface area (Å²) in [4.78, 5) is 27.5. The summed E-state index contributed by atoms with van der Waals surface area (Å²) in [5.41, 5.74) is 2.23. The standard InChI is InChI=1S/C21H26N4O3/c1-20(2,3)28-19(27)24-8-6-21(7-9-24)13-25(14-21)18-11-22-23-17-5-4-15(12-26)10-16(17)18/h4-5,10-12H,6-9,13-14H2,1-3H3. The highest BCUT2D eigenvalue weighted by atomic mass is 16.6. The number of benzene rings is 1. The van der Waals surface area contributed by atoms with Crippen molar-refractivity contribution < 1.29 is 14.3 Å². The third kappa shape index (κ3) is 3.53.